The molecule has 0 unspecified atom stereocenters. The van der Waals surface area contributed by atoms with Gasteiger partial charge in [0.1, 0.15) is 29.5 Å². The molecule has 6 rings (SSSR count). The van der Waals surface area contributed by atoms with Crippen LogP contribution in [-0.4, -0.2) is 44.3 Å². The Morgan fingerprint density at radius 1 is 0.690 bits per heavy atom. The highest BCUT2D eigenvalue weighted by molar-refractivity contribution is 6.05. The van der Waals surface area contributed by atoms with Crippen molar-refractivity contribution in [3.05, 3.63) is 102 Å². The van der Waals surface area contributed by atoms with Gasteiger partial charge in [-0.2, -0.15) is 0 Å². The van der Waals surface area contributed by atoms with Gasteiger partial charge in [0, 0.05) is 35.5 Å². The zero-order valence-corrected chi connectivity index (χ0v) is 22.8. The zero-order valence-electron chi connectivity index (χ0n) is 22.8. The minimum absolute atomic E-state index is 0.0140. The summed E-state index contributed by atoms with van der Waals surface area (Å²) in [5, 5.41) is 9.44. The summed E-state index contributed by atoms with van der Waals surface area (Å²) >= 11 is 0. The Labute approximate surface area is 241 Å². The second-order valence-corrected chi connectivity index (χ2v) is 10.5. The number of hydrogen-bond donors (Lipinski definition) is 3. The van der Waals surface area contributed by atoms with Crippen LogP contribution >= 0.6 is 0 Å². The van der Waals surface area contributed by atoms with Gasteiger partial charge in [-0.15, -0.1) is 0 Å². The normalized spacial score (nSPS) is 18.2. The van der Waals surface area contributed by atoms with E-state index in [1.54, 1.807) is 48.5 Å². The molecule has 3 N–H and O–H groups in total. The third-order valence-electron chi connectivity index (χ3n) is 7.48. The molecular formula is C33H30F3N3O3. The van der Waals surface area contributed by atoms with Crippen LogP contribution in [-0.2, 0) is 0 Å². The van der Waals surface area contributed by atoms with E-state index in [-0.39, 0.29) is 18.0 Å². The Morgan fingerprint density at radius 3 is 1.93 bits per heavy atom. The van der Waals surface area contributed by atoms with Crippen LogP contribution < -0.4 is 25.4 Å². The predicted octanol–water partition coefficient (Wildman–Crippen LogP) is 6.17. The molecule has 0 aliphatic carbocycles. The molecule has 0 radical (unpaired) electrons. The van der Waals surface area contributed by atoms with Crippen LogP contribution in [0.25, 0.3) is 22.3 Å². The molecule has 2 aliphatic heterocycles. The van der Waals surface area contributed by atoms with Crippen LogP contribution in [0.2, 0.25) is 0 Å². The molecule has 4 aromatic carbocycles. The van der Waals surface area contributed by atoms with Crippen molar-refractivity contribution >= 4 is 11.6 Å². The highest BCUT2D eigenvalue weighted by Gasteiger charge is 2.21. The van der Waals surface area contributed by atoms with Crippen molar-refractivity contribution in [1.29, 1.82) is 0 Å². The number of hydrogen-bond acceptors (Lipinski definition) is 5. The van der Waals surface area contributed by atoms with Gasteiger partial charge in [-0.3, -0.25) is 4.79 Å². The second kappa shape index (κ2) is 12.3. The standard InChI is InChI=1S/C33H30F3N3O3/c34-23-5-1-20(2-6-23)28-17-24(7-10-32(28)42-26-12-14-38-19-26)39-33(40)22-4-9-31(41-25-11-13-37-18-25)27(15-22)21-3-8-29(35)30(36)16-21/h1-10,15-17,25-26,37-38H,11-14,18-19H2,(H,39,40)/t25-,26-/m0/s1. The van der Waals surface area contributed by atoms with Crippen molar-refractivity contribution in [2.45, 2.75) is 25.0 Å². The van der Waals surface area contributed by atoms with Crippen molar-refractivity contribution in [3.8, 4) is 33.8 Å². The number of amides is 1. The number of benzene rings is 4. The van der Waals surface area contributed by atoms with E-state index in [4.69, 9.17) is 9.47 Å². The number of carbonyl (C=O) groups excluding carboxylic acids is 1. The molecule has 4 aromatic rings. The van der Waals surface area contributed by atoms with Gasteiger partial charge in [0.25, 0.3) is 5.91 Å². The van der Waals surface area contributed by atoms with Crippen molar-refractivity contribution in [1.82, 2.24) is 10.6 Å². The van der Waals surface area contributed by atoms with Crippen LogP contribution in [0.3, 0.4) is 0 Å². The summed E-state index contributed by atoms with van der Waals surface area (Å²) in [6.07, 6.45) is 1.63. The minimum atomic E-state index is -0.986. The summed E-state index contributed by atoms with van der Waals surface area (Å²) in [4.78, 5) is 13.4. The summed E-state index contributed by atoms with van der Waals surface area (Å²) in [6, 6.07) is 20.0. The Kier molecular flexibility index (Phi) is 8.12. The lowest BCUT2D eigenvalue weighted by atomic mass is 10.0. The third kappa shape index (κ3) is 6.27. The topological polar surface area (TPSA) is 71.6 Å². The Morgan fingerprint density at radius 2 is 1.31 bits per heavy atom. The van der Waals surface area contributed by atoms with E-state index < -0.39 is 17.5 Å². The second-order valence-electron chi connectivity index (χ2n) is 10.5. The molecule has 2 fully saturated rings. The summed E-state index contributed by atoms with van der Waals surface area (Å²) in [5.74, 6) is -1.57. The molecule has 0 spiro atoms. The van der Waals surface area contributed by atoms with Gasteiger partial charge in [-0.1, -0.05) is 18.2 Å². The van der Waals surface area contributed by atoms with Crippen molar-refractivity contribution in [2.75, 3.05) is 31.5 Å². The highest BCUT2D eigenvalue weighted by atomic mass is 19.2. The molecule has 1 amide bonds. The Hall–Kier alpha value is -4.34. The maximum absolute atomic E-state index is 14.2. The van der Waals surface area contributed by atoms with Crippen LogP contribution in [0.5, 0.6) is 11.5 Å². The smallest absolute Gasteiger partial charge is 0.255 e. The van der Waals surface area contributed by atoms with E-state index in [2.05, 4.69) is 16.0 Å². The lowest BCUT2D eigenvalue weighted by Gasteiger charge is -2.19. The number of halogens is 3. The first-order chi connectivity index (χ1) is 20.4. The molecule has 6 nitrogen and oxygen atoms in total. The monoisotopic (exact) mass is 573 g/mol. The van der Waals surface area contributed by atoms with Gasteiger partial charge in [0.2, 0.25) is 0 Å². The van der Waals surface area contributed by atoms with Crippen LogP contribution in [0.1, 0.15) is 23.2 Å². The summed E-state index contributed by atoms with van der Waals surface area (Å²) in [7, 11) is 0. The largest absolute Gasteiger partial charge is 0.488 e. The van der Waals surface area contributed by atoms with E-state index in [1.807, 2.05) is 0 Å². The molecule has 42 heavy (non-hydrogen) atoms. The Bertz CT molecular complexity index is 1580. The third-order valence-corrected chi connectivity index (χ3v) is 7.48. The van der Waals surface area contributed by atoms with Gasteiger partial charge in [0.15, 0.2) is 11.6 Å². The first-order valence-corrected chi connectivity index (χ1v) is 14.0. The van der Waals surface area contributed by atoms with Crippen LogP contribution in [0, 0.1) is 17.5 Å². The predicted molar refractivity (Wildman–Crippen MR) is 155 cm³/mol. The number of rotatable bonds is 8. The quantitative estimate of drug-likeness (QED) is 0.235. The number of carbonyl (C=O) groups is 1. The number of anilines is 1. The summed E-state index contributed by atoms with van der Waals surface area (Å²) in [6.45, 7) is 3.11. The molecule has 216 valence electrons. The van der Waals surface area contributed by atoms with Gasteiger partial charge < -0.3 is 25.4 Å². The lowest BCUT2D eigenvalue weighted by molar-refractivity contribution is 0.102. The van der Waals surface area contributed by atoms with Gasteiger partial charge in [-0.25, -0.2) is 13.2 Å². The summed E-state index contributed by atoms with van der Waals surface area (Å²) in [5.41, 5.74) is 3.17. The molecule has 2 aliphatic rings. The molecular weight excluding hydrogens is 543 g/mol. The fraction of sp³-hybridized carbons (Fsp3) is 0.242. The zero-order chi connectivity index (χ0) is 29.1. The first-order valence-electron chi connectivity index (χ1n) is 14.0. The molecule has 0 bridgehead atoms. The molecule has 2 heterocycles. The molecule has 0 aromatic heterocycles. The van der Waals surface area contributed by atoms with Gasteiger partial charge >= 0.3 is 0 Å². The first kappa shape index (κ1) is 27.8. The SMILES string of the molecule is O=C(Nc1ccc(O[C@H]2CCNC2)c(-c2ccc(F)cc2)c1)c1ccc(O[C@H]2CCNC2)c(-c2ccc(F)c(F)c2)c1. The molecule has 0 saturated carbocycles. The molecule has 2 atom stereocenters. The van der Waals surface area contributed by atoms with Crippen LogP contribution in [0.15, 0.2) is 78.9 Å². The number of nitrogens with one attached hydrogen (secondary N) is 3. The number of ether oxygens (including phenoxy) is 2. The average Bonchev–Trinajstić information content (AvgIpc) is 3.71. The van der Waals surface area contributed by atoms with Crippen molar-refractivity contribution in [2.24, 2.45) is 0 Å². The van der Waals surface area contributed by atoms with E-state index >= 15 is 0 Å². The fourth-order valence-electron chi connectivity index (χ4n) is 5.25. The summed E-state index contributed by atoms with van der Waals surface area (Å²) < 4.78 is 53.9. The molecule has 9 heteroatoms. The van der Waals surface area contributed by atoms with E-state index in [1.165, 1.54) is 18.2 Å². The van der Waals surface area contributed by atoms with E-state index in [0.717, 1.165) is 55.7 Å². The lowest BCUT2D eigenvalue weighted by Crippen LogP contribution is -2.20. The highest BCUT2D eigenvalue weighted by Crippen LogP contribution is 2.36. The fourth-order valence-corrected chi connectivity index (χ4v) is 5.25. The van der Waals surface area contributed by atoms with E-state index in [0.29, 0.717) is 40.4 Å². The van der Waals surface area contributed by atoms with Crippen molar-refractivity contribution < 1.29 is 27.4 Å². The minimum Gasteiger partial charge on any atom is -0.488 e. The maximum atomic E-state index is 14.2. The Balaban J connectivity index is 1.30. The van der Waals surface area contributed by atoms with E-state index in [9.17, 15) is 18.0 Å². The van der Waals surface area contributed by atoms with Gasteiger partial charge in [-0.05, 0) is 97.7 Å². The molecule has 2 saturated heterocycles. The van der Waals surface area contributed by atoms with Gasteiger partial charge in [0.05, 0.1) is 0 Å². The van der Waals surface area contributed by atoms with Crippen LogP contribution in [0.4, 0.5) is 18.9 Å². The average molecular weight is 574 g/mol. The maximum Gasteiger partial charge on any atom is 0.255 e. The van der Waals surface area contributed by atoms with Crippen molar-refractivity contribution in [3.63, 3.8) is 0 Å².